The number of hydrogen-bond acceptors (Lipinski definition) is 2. The van der Waals surface area contributed by atoms with E-state index in [1.54, 1.807) is 0 Å². The summed E-state index contributed by atoms with van der Waals surface area (Å²) in [5.74, 6) is -1.33. The van der Waals surface area contributed by atoms with Crippen molar-refractivity contribution in [1.29, 1.82) is 0 Å². The Hall–Kier alpha value is -1.39. The Morgan fingerprint density at radius 3 is 2.47 bits per heavy atom. The predicted octanol–water partition coefficient (Wildman–Crippen LogP) is 2.00. The first-order chi connectivity index (χ1) is 8.98. The van der Waals surface area contributed by atoms with Crippen LogP contribution in [0.5, 0.6) is 0 Å². The average Bonchev–Trinajstić information content (AvgIpc) is 2.84. The minimum atomic E-state index is -1.87. The molecule has 0 bridgehead atoms. The van der Waals surface area contributed by atoms with Gasteiger partial charge < -0.3 is 10.2 Å². The third kappa shape index (κ3) is 2.51. The van der Waals surface area contributed by atoms with E-state index in [4.69, 9.17) is 0 Å². The molecular weight excluding hydrogens is 256 g/mol. The fourth-order valence-corrected chi connectivity index (χ4v) is 6.46. The third-order valence-corrected chi connectivity index (χ3v) is 8.57. The smallest absolute Gasteiger partial charge is 0.310 e. The Bertz CT molecular complexity index is 493. The summed E-state index contributed by atoms with van der Waals surface area (Å²) in [5.41, 5.74) is 0.795. The number of aliphatic carboxylic acids is 1. The average molecular weight is 276 g/mol. The lowest BCUT2D eigenvalue weighted by Gasteiger charge is -2.33. The second kappa shape index (κ2) is 5.31. The van der Waals surface area contributed by atoms with Gasteiger partial charge in [0.2, 0.25) is 0 Å². The molecule has 19 heavy (non-hydrogen) atoms. The van der Waals surface area contributed by atoms with Gasteiger partial charge in [-0.3, -0.25) is 4.79 Å². The highest BCUT2D eigenvalue weighted by atomic mass is 28.3. The number of hydrogen-bond donors (Lipinski definition) is 2. The molecule has 0 fully saturated rings. The van der Waals surface area contributed by atoms with Crippen LogP contribution in [-0.4, -0.2) is 30.9 Å². The van der Waals surface area contributed by atoms with Gasteiger partial charge in [-0.05, 0) is 17.5 Å². The lowest BCUT2D eigenvalue weighted by atomic mass is 10.0. The number of allylic oxidation sites excluding steroid dienone is 1. The zero-order valence-corrected chi connectivity index (χ0v) is 12.3. The van der Waals surface area contributed by atoms with E-state index in [-0.39, 0.29) is 12.1 Å². The molecule has 1 aliphatic rings. The molecule has 2 rings (SSSR count). The maximum atomic E-state index is 11.5. The van der Waals surface area contributed by atoms with Gasteiger partial charge in [0, 0.05) is 0 Å². The molecule has 0 spiro atoms. The van der Waals surface area contributed by atoms with Crippen LogP contribution in [0, 0.1) is 5.92 Å². The van der Waals surface area contributed by atoms with Gasteiger partial charge in [0.1, 0.15) is 0 Å². The highest BCUT2D eigenvalue weighted by Crippen LogP contribution is 2.43. The summed E-state index contributed by atoms with van der Waals surface area (Å²) < 4.78 is 0. The molecule has 0 heterocycles. The normalized spacial score (nSPS) is 23.2. The van der Waals surface area contributed by atoms with Crippen molar-refractivity contribution in [3.05, 3.63) is 42.0 Å². The Kier molecular flexibility index (Phi) is 3.92. The van der Waals surface area contributed by atoms with Gasteiger partial charge in [0.15, 0.2) is 0 Å². The van der Waals surface area contributed by atoms with Crippen molar-refractivity contribution < 1.29 is 15.0 Å². The molecule has 0 aliphatic heterocycles. The number of rotatable bonds is 4. The summed E-state index contributed by atoms with van der Waals surface area (Å²) >= 11 is 0. The summed E-state index contributed by atoms with van der Waals surface area (Å²) in [6.07, 6.45) is 2.68. The van der Waals surface area contributed by atoms with E-state index in [2.05, 4.69) is 25.2 Å². The van der Waals surface area contributed by atoms with Crippen molar-refractivity contribution in [3.63, 3.8) is 0 Å². The monoisotopic (exact) mass is 276 g/mol. The van der Waals surface area contributed by atoms with Gasteiger partial charge in [-0.2, -0.15) is 0 Å². The summed E-state index contributed by atoms with van der Waals surface area (Å²) in [6.45, 7) is 4.29. The first kappa shape index (κ1) is 14.0. The fraction of sp³-hybridized carbons (Fsp3) is 0.400. The van der Waals surface area contributed by atoms with E-state index in [1.165, 1.54) is 5.19 Å². The van der Waals surface area contributed by atoms with Crippen molar-refractivity contribution in [1.82, 2.24) is 0 Å². The maximum absolute atomic E-state index is 11.5. The molecule has 0 saturated heterocycles. The zero-order chi connectivity index (χ0) is 14.0. The van der Waals surface area contributed by atoms with E-state index in [9.17, 15) is 15.0 Å². The lowest BCUT2D eigenvalue weighted by Crippen LogP contribution is -2.48. The molecule has 3 nitrogen and oxygen atoms in total. The van der Waals surface area contributed by atoms with Crippen molar-refractivity contribution in [2.75, 3.05) is 6.61 Å². The Morgan fingerprint density at radius 1 is 1.32 bits per heavy atom. The quantitative estimate of drug-likeness (QED) is 0.653. The molecule has 0 amide bonds. The van der Waals surface area contributed by atoms with Crippen LogP contribution < -0.4 is 5.19 Å². The number of aliphatic hydroxyl groups is 1. The summed E-state index contributed by atoms with van der Waals surface area (Å²) in [5, 5.41) is 20.1. The number of carboxylic acid groups (broad SMARTS) is 1. The predicted molar refractivity (Wildman–Crippen MR) is 78.2 cm³/mol. The van der Waals surface area contributed by atoms with E-state index < -0.39 is 20.0 Å². The zero-order valence-electron chi connectivity index (χ0n) is 11.3. The van der Waals surface area contributed by atoms with Crippen molar-refractivity contribution in [2.45, 2.75) is 25.1 Å². The molecule has 0 radical (unpaired) electrons. The highest BCUT2D eigenvalue weighted by molar-refractivity contribution is 6.91. The van der Waals surface area contributed by atoms with Crippen molar-refractivity contribution in [3.8, 4) is 0 Å². The lowest BCUT2D eigenvalue weighted by molar-refractivity contribution is -0.140. The molecule has 102 valence electrons. The molecule has 2 N–H and O–H groups in total. The standard InChI is InChI=1S/C15H20O3Si/c1-19(2,12-6-4-3-5-7-12)13-9-8-11(10-16)14(13)15(17)18/h3-8,13-14,16H,9-10H2,1-2H3,(H,17,18)/t13-,14-/m0/s1. The Balaban J connectivity index is 2.34. The second-order valence-electron chi connectivity index (χ2n) is 5.68. The number of benzene rings is 1. The largest absolute Gasteiger partial charge is 0.481 e. The van der Waals surface area contributed by atoms with Crippen LogP contribution >= 0.6 is 0 Å². The SMILES string of the molecule is C[Si](C)(c1ccccc1)[C@H]1CC=C(CO)[C@@H]1C(=O)O. The third-order valence-electron chi connectivity index (χ3n) is 4.33. The molecule has 1 aliphatic carbocycles. The molecule has 0 saturated carbocycles. The van der Waals surface area contributed by atoms with Crippen LogP contribution in [0.3, 0.4) is 0 Å². The van der Waals surface area contributed by atoms with Gasteiger partial charge in [0.05, 0.1) is 20.6 Å². The first-order valence-corrected chi connectivity index (χ1v) is 9.64. The summed E-state index contributed by atoms with van der Waals surface area (Å²) in [7, 11) is -1.87. The van der Waals surface area contributed by atoms with Crippen LogP contribution in [0.25, 0.3) is 0 Å². The van der Waals surface area contributed by atoms with E-state index in [0.29, 0.717) is 5.57 Å². The van der Waals surface area contributed by atoms with Gasteiger partial charge in [-0.15, -0.1) is 0 Å². The minimum absolute atomic E-state index is 0.120. The first-order valence-electron chi connectivity index (χ1n) is 6.56. The van der Waals surface area contributed by atoms with Gasteiger partial charge >= 0.3 is 5.97 Å². The second-order valence-corrected chi connectivity index (χ2v) is 10.4. The van der Waals surface area contributed by atoms with Gasteiger partial charge in [-0.1, -0.05) is 54.7 Å². The van der Waals surface area contributed by atoms with Crippen LogP contribution in [0.4, 0.5) is 0 Å². The molecule has 0 unspecified atom stereocenters. The molecule has 0 aromatic heterocycles. The van der Waals surface area contributed by atoms with Crippen LogP contribution in [-0.2, 0) is 4.79 Å². The highest BCUT2D eigenvalue weighted by Gasteiger charge is 2.45. The molecule has 1 aromatic carbocycles. The molecule has 1 aromatic rings. The van der Waals surface area contributed by atoms with Crippen LogP contribution in [0.2, 0.25) is 18.6 Å². The molecule has 2 atom stereocenters. The Labute approximate surface area is 114 Å². The van der Waals surface area contributed by atoms with Gasteiger partial charge in [0.25, 0.3) is 0 Å². The number of carbonyl (C=O) groups is 1. The van der Waals surface area contributed by atoms with Crippen molar-refractivity contribution in [2.24, 2.45) is 5.92 Å². The number of aliphatic hydroxyl groups excluding tert-OH is 1. The Morgan fingerprint density at radius 2 is 1.95 bits per heavy atom. The van der Waals surface area contributed by atoms with E-state index in [0.717, 1.165) is 6.42 Å². The molecule has 4 heteroatoms. The topological polar surface area (TPSA) is 57.5 Å². The van der Waals surface area contributed by atoms with E-state index >= 15 is 0 Å². The maximum Gasteiger partial charge on any atom is 0.310 e. The minimum Gasteiger partial charge on any atom is -0.481 e. The summed E-state index contributed by atoms with van der Waals surface area (Å²) in [6, 6.07) is 10.2. The van der Waals surface area contributed by atoms with Crippen LogP contribution in [0.1, 0.15) is 6.42 Å². The number of carboxylic acids is 1. The summed E-state index contributed by atoms with van der Waals surface area (Å²) in [4.78, 5) is 11.5. The van der Waals surface area contributed by atoms with Crippen molar-refractivity contribution >= 4 is 19.2 Å². The fourth-order valence-electron chi connectivity index (χ4n) is 3.09. The van der Waals surface area contributed by atoms with Gasteiger partial charge in [-0.25, -0.2) is 0 Å². The van der Waals surface area contributed by atoms with Crippen LogP contribution in [0.15, 0.2) is 42.0 Å². The molecular formula is C15H20O3Si. The van der Waals surface area contributed by atoms with E-state index in [1.807, 2.05) is 24.3 Å².